The van der Waals surface area contributed by atoms with E-state index < -0.39 is 23.7 Å². The summed E-state index contributed by atoms with van der Waals surface area (Å²) in [7, 11) is 0. The van der Waals surface area contributed by atoms with Crippen molar-refractivity contribution >= 4 is 17.5 Å². The Bertz CT molecular complexity index is 673. The average Bonchev–Trinajstić information content (AvgIpc) is 3.31. The first-order valence-electron chi connectivity index (χ1n) is 7.43. The number of hydrogen-bond donors (Lipinski definition) is 1. The number of nitriles is 1. The number of carbonyl (C=O) groups is 3. The smallest absolute Gasteiger partial charge is 0.245 e. The minimum atomic E-state index is -1.39. The number of ketones is 2. The van der Waals surface area contributed by atoms with Gasteiger partial charge in [0.1, 0.15) is 5.75 Å². The molecule has 1 N–H and O–H groups in total. The number of hydrogen-bond acceptors (Lipinski definition) is 5. The number of Topliss-reactive ketones (excluding diaryl/α,β-unsaturated/α-hetero) is 2. The summed E-state index contributed by atoms with van der Waals surface area (Å²) in [5, 5.41) is 11.7. The highest BCUT2D eigenvalue weighted by atomic mass is 16.5. The van der Waals surface area contributed by atoms with Crippen LogP contribution in [0, 0.1) is 17.2 Å². The van der Waals surface area contributed by atoms with Crippen molar-refractivity contribution in [1.82, 2.24) is 5.32 Å². The molecule has 1 aromatic rings. The van der Waals surface area contributed by atoms with E-state index in [1.165, 1.54) is 19.9 Å². The molecule has 1 aliphatic rings. The van der Waals surface area contributed by atoms with Crippen LogP contribution < -0.4 is 10.1 Å². The van der Waals surface area contributed by atoms with Crippen molar-refractivity contribution in [3.8, 4) is 11.8 Å². The van der Waals surface area contributed by atoms with E-state index >= 15 is 0 Å². The largest absolute Gasteiger partial charge is 0.483 e. The number of benzene rings is 1. The van der Waals surface area contributed by atoms with Crippen LogP contribution in [0.4, 0.5) is 0 Å². The molecule has 23 heavy (non-hydrogen) atoms. The molecule has 1 aliphatic carbocycles. The van der Waals surface area contributed by atoms with Crippen molar-refractivity contribution in [3.05, 3.63) is 29.8 Å². The topological polar surface area (TPSA) is 96.3 Å². The summed E-state index contributed by atoms with van der Waals surface area (Å²) in [6, 6.07) is 8.24. The molecule has 6 nitrogen and oxygen atoms in total. The predicted octanol–water partition coefficient (Wildman–Crippen LogP) is 1.64. The highest BCUT2D eigenvalue weighted by molar-refractivity contribution is 6.06. The van der Waals surface area contributed by atoms with Crippen LogP contribution in [-0.2, 0) is 9.59 Å². The summed E-state index contributed by atoms with van der Waals surface area (Å²) >= 11 is 0. The van der Waals surface area contributed by atoms with Crippen LogP contribution in [0.3, 0.4) is 0 Å². The van der Waals surface area contributed by atoms with E-state index in [1.54, 1.807) is 24.3 Å². The van der Waals surface area contributed by atoms with Crippen molar-refractivity contribution in [2.45, 2.75) is 38.8 Å². The molecule has 120 valence electrons. The summed E-state index contributed by atoms with van der Waals surface area (Å²) in [6.45, 7) is 2.92. The van der Waals surface area contributed by atoms with Crippen LogP contribution in [0.25, 0.3) is 0 Å². The van der Waals surface area contributed by atoms with E-state index in [4.69, 9.17) is 10.00 Å². The van der Waals surface area contributed by atoms with Crippen LogP contribution in [0.15, 0.2) is 24.3 Å². The van der Waals surface area contributed by atoms with Gasteiger partial charge in [0, 0.05) is 11.6 Å². The van der Waals surface area contributed by atoms with Gasteiger partial charge in [-0.2, -0.15) is 5.26 Å². The van der Waals surface area contributed by atoms with Crippen LogP contribution in [0.5, 0.6) is 5.75 Å². The lowest BCUT2D eigenvalue weighted by Gasteiger charge is -2.16. The van der Waals surface area contributed by atoms with Crippen molar-refractivity contribution in [2.75, 3.05) is 0 Å². The minimum Gasteiger partial charge on any atom is -0.483 e. The molecule has 2 rings (SSSR count). The third-order valence-electron chi connectivity index (χ3n) is 3.55. The molecule has 0 saturated heterocycles. The SMILES string of the molecule is CC(=O)c1cccc(O[C@H](C)C(=O)[C@H](C#N)C(=O)NC2CC2)c1. The molecule has 0 aromatic heterocycles. The number of amides is 1. The third-order valence-corrected chi connectivity index (χ3v) is 3.55. The van der Waals surface area contributed by atoms with Gasteiger partial charge in [-0.3, -0.25) is 14.4 Å². The summed E-state index contributed by atoms with van der Waals surface area (Å²) in [4.78, 5) is 35.5. The summed E-state index contributed by atoms with van der Waals surface area (Å²) in [5.74, 6) is -2.33. The second kappa shape index (κ2) is 7.05. The zero-order valence-electron chi connectivity index (χ0n) is 13.0. The van der Waals surface area contributed by atoms with Crippen LogP contribution in [0.2, 0.25) is 0 Å². The molecule has 1 amide bonds. The Balaban J connectivity index is 2.03. The van der Waals surface area contributed by atoms with Gasteiger partial charge in [0.05, 0.1) is 6.07 Å². The Hall–Kier alpha value is -2.68. The summed E-state index contributed by atoms with van der Waals surface area (Å²) in [5.41, 5.74) is 0.463. The van der Waals surface area contributed by atoms with Gasteiger partial charge in [0.15, 0.2) is 23.6 Å². The van der Waals surface area contributed by atoms with E-state index in [2.05, 4.69) is 5.32 Å². The molecule has 0 aliphatic heterocycles. The van der Waals surface area contributed by atoms with Crippen molar-refractivity contribution in [2.24, 2.45) is 5.92 Å². The Morgan fingerprint density at radius 3 is 2.61 bits per heavy atom. The monoisotopic (exact) mass is 314 g/mol. The normalized spacial score (nSPS) is 15.9. The molecule has 0 spiro atoms. The van der Waals surface area contributed by atoms with Crippen LogP contribution >= 0.6 is 0 Å². The molecule has 2 atom stereocenters. The van der Waals surface area contributed by atoms with E-state index in [1.807, 2.05) is 0 Å². The second-order valence-corrected chi connectivity index (χ2v) is 5.59. The van der Waals surface area contributed by atoms with Gasteiger partial charge in [-0.25, -0.2) is 0 Å². The summed E-state index contributed by atoms with van der Waals surface area (Å²) < 4.78 is 5.49. The average molecular weight is 314 g/mol. The lowest BCUT2D eigenvalue weighted by molar-refractivity contribution is -0.135. The lowest BCUT2D eigenvalue weighted by atomic mass is 10.0. The van der Waals surface area contributed by atoms with Gasteiger partial charge >= 0.3 is 0 Å². The van der Waals surface area contributed by atoms with Gasteiger partial charge in [-0.15, -0.1) is 0 Å². The zero-order valence-corrected chi connectivity index (χ0v) is 13.0. The quantitative estimate of drug-likeness (QED) is 0.609. The Morgan fingerprint density at radius 1 is 1.35 bits per heavy atom. The van der Waals surface area contributed by atoms with Gasteiger partial charge in [0.25, 0.3) is 0 Å². The molecule has 0 bridgehead atoms. The molecule has 6 heteroatoms. The van der Waals surface area contributed by atoms with Gasteiger partial charge in [0.2, 0.25) is 5.91 Å². The first-order valence-corrected chi connectivity index (χ1v) is 7.43. The Kier molecular flexibility index (Phi) is 5.12. The van der Waals surface area contributed by atoms with E-state index in [9.17, 15) is 14.4 Å². The van der Waals surface area contributed by atoms with Gasteiger partial charge in [-0.05, 0) is 38.8 Å². The van der Waals surface area contributed by atoms with Crippen molar-refractivity contribution < 1.29 is 19.1 Å². The maximum absolute atomic E-state index is 12.3. The van der Waals surface area contributed by atoms with Crippen molar-refractivity contribution in [3.63, 3.8) is 0 Å². The van der Waals surface area contributed by atoms with E-state index in [0.717, 1.165) is 12.8 Å². The maximum Gasteiger partial charge on any atom is 0.245 e. The van der Waals surface area contributed by atoms with Crippen LogP contribution in [0.1, 0.15) is 37.0 Å². The molecule has 0 unspecified atom stereocenters. The van der Waals surface area contributed by atoms with Gasteiger partial charge < -0.3 is 10.1 Å². The fourth-order valence-electron chi connectivity index (χ4n) is 2.05. The Labute approximate surface area is 134 Å². The number of nitrogens with zero attached hydrogens (tertiary/aromatic N) is 1. The van der Waals surface area contributed by atoms with E-state index in [0.29, 0.717) is 11.3 Å². The highest BCUT2D eigenvalue weighted by Crippen LogP contribution is 2.20. The third kappa shape index (κ3) is 4.39. The Morgan fingerprint density at radius 2 is 2.04 bits per heavy atom. The molecule has 1 aromatic carbocycles. The molecular weight excluding hydrogens is 296 g/mol. The first-order chi connectivity index (χ1) is 10.9. The van der Waals surface area contributed by atoms with E-state index in [-0.39, 0.29) is 11.8 Å². The number of carbonyl (C=O) groups excluding carboxylic acids is 3. The molecular formula is C17H18N2O4. The lowest BCUT2D eigenvalue weighted by Crippen LogP contribution is -2.41. The zero-order chi connectivity index (χ0) is 17.0. The van der Waals surface area contributed by atoms with Gasteiger partial charge in [-0.1, -0.05) is 12.1 Å². The fraction of sp³-hybridized carbons (Fsp3) is 0.412. The second-order valence-electron chi connectivity index (χ2n) is 5.59. The first kappa shape index (κ1) is 16.7. The maximum atomic E-state index is 12.3. The molecule has 1 fully saturated rings. The summed E-state index contributed by atoms with van der Waals surface area (Å²) in [6.07, 6.45) is 0.788. The highest BCUT2D eigenvalue weighted by Gasteiger charge is 2.34. The molecule has 0 radical (unpaired) electrons. The number of nitrogens with one attached hydrogen (secondary N) is 1. The number of ether oxygens (including phenoxy) is 1. The molecule has 0 heterocycles. The standard InChI is InChI=1S/C17H18N2O4/c1-10(20)12-4-3-5-14(8-12)23-11(2)16(21)15(9-18)17(22)19-13-6-7-13/h3-5,8,11,13,15H,6-7H2,1-2H3,(H,19,22)/t11-,15+/m1/s1. The van der Waals surface area contributed by atoms with Crippen molar-refractivity contribution in [1.29, 1.82) is 5.26 Å². The number of rotatable bonds is 7. The fourth-order valence-corrected chi connectivity index (χ4v) is 2.05. The minimum absolute atomic E-state index is 0.0784. The molecule has 1 saturated carbocycles. The van der Waals surface area contributed by atoms with Crippen LogP contribution in [-0.4, -0.2) is 29.6 Å². The predicted molar refractivity (Wildman–Crippen MR) is 81.8 cm³/mol.